The first kappa shape index (κ1) is 17.5. The molecule has 6 heteroatoms. The molecule has 1 rings (SSSR count). The van der Waals surface area contributed by atoms with Gasteiger partial charge in [-0.3, -0.25) is 0 Å². The summed E-state index contributed by atoms with van der Waals surface area (Å²) >= 11 is 0. The van der Waals surface area contributed by atoms with Crippen molar-refractivity contribution in [1.82, 2.24) is 4.72 Å². The Morgan fingerprint density at radius 3 is 2.52 bits per heavy atom. The molecular formula is C15H22N2O3S. The molecule has 0 aliphatic carbocycles. The molecule has 0 saturated carbocycles. The molecule has 0 heterocycles. The molecule has 21 heavy (non-hydrogen) atoms. The second-order valence-corrected chi connectivity index (χ2v) is 7.52. The molecule has 5 nitrogen and oxygen atoms in total. The number of benzene rings is 1. The van der Waals surface area contributed by atoms with Crippen LogP contribution in [0.2, 0.25) is 0 Å². The van der Waals surface area contributed by atoms with Gasteiger partial charge in [0.15, 0.2) is 0 Å². The molecule has 116 valence electrons. The van der Waals surface area contributed by atoms with Crippen LogP contribution in [0.3, 0.4) is 0 Å². The third-order valence-electron chi connectivity index (χ3n) is 2.60. The highest BCUT2D eigenvalue weighted by atomic mass is 32.2. The van der Waals surface area contributed by atoms with E-state index < -0.39 is 10.0 Å². The van der Waals surface area contributed by atoms with Crippen molar-refractivity contribution in [2.75, 3.05) is 20.2 Å². The van der Waals surface area contributed by atoms with Crippen molar-refractivity contribution < 1.29 is 13.2 Å². The highest BCUT2D eigenvalue weighted by Gasteiger charge is 2.19. The lowest BCUT2D eigenvalue weighted by atomic mass is 9.98. The summed E-state index contributed by atoms with van der Waals surface area (Å²) in [5.41, 5.74) is 5.71. The predicted octanol–water partition coefficient (Wildman–Crippen LogP) is 1.33. The van der Waals surface area contributed by atoms with Crippen molar-refractivity contribution in [3.8, 4) is 17.6 Å². The molecule has 0 saturated heterocycles. The monoisotopic (exact) mass is 310 g/mol. The maximum atomic E-state index is 12.3. The molecule has 3 N–H and O–H groups in total. The fourth-order valence-corrected chi connectivity index (χ4v) is 2.80. The summed E-state index contributed by atoms with van der Waals surface area (Å²) in [5.74, 6) is 6.03. The molecule has 0 unspecified atom stereocenters. The lowest BCUT2D eigenvalue weighted by molar-refractivity contribution is 0.407. The first-order chi connectivity index (χ1) is 9.69. The number of hydrogen-bond acceptors (Lipinski definition) is 4. The number of hydrogen-bond donors (Lipinski definition) is 2. The van der Waals surface area contributed by atoms with Crippen LogP contribution in [-0.2, 0) is 10.0 Å². The van der Waals surface area contributed by atoms with Gasteiger partial charge in [-0.25, -0.2) is 13.1 Å². The van der Waals surface area contributed by atoms with E-state index in [9.17, 15) is 8.42 Å². The van der Waals surface area contributed by atoms with E-state index in [2.05, 4.69) is 16.6 Å². The highest BCUT2D eigenvalue weighted by molar-refractivity contribution is 7.89. The average molecular weight is 310 g/mol. The fourth-order valence-electron chi connectivity index (χ4n) is 1.49. The van der Waals surface area contributed by atoms with Crippen LogP contribution in [0.4, 0.5) is 0 Å². The molecule has 0 aromatic heterocycles. The molecule has 1 aromatic rings. The molecule has 0 radical (unpaired) electrons. The van der Waals surface area contributed by atoms with E-state index in [0.29, 0.717) is 17.9 Å². The SMILES string of the molecule is COc1ccc(S(=O)(=O)NCC(C)(C)C)cc1C#CCN. The van der Waals surface area contributed by atoms with Gasteiger partial charge >= 0.3 is 0 Å². The Balaban J connectivity index is 3.13. The van der Waals surface area contributed by atoms with Crippen LogP contribution >= 0.6 is 0 Å². The van der Waals surface area contributed by atoms with Gasteiger partial charge < -0.3 is 10.5 Å². The van der Waals surface area contributed by atoms with Gasteiger partial charge in [0.05, 0.1) is 24.1 Å². The minimum atomic E-state index is -3.57. The maximum Gasteiger partial charge on any atom is 0.240 e. The van der Waals surface area contributed by atoms with Crippen LogP contribution in [0, 0.1) is 17.3 Å². The summed E-state index contributed by atoms with van der Waals surface area (Å²) in [5, 5.41) is 0. The van der Waals surface area contributed by atoms with Crippen LogP contribution in [0.15, 0.2) is 23.1 Å². The van der Waals surface area contributed by atoms with Gasteiger partial charge in [0.1, 0.15) is 5.75 Å². The second-order valence-electron chi connectivity index (χ2n) is 5.75. The quantitative estimate of drug-likeness (QED) is 0.822. The normalized spacial score (nSPS) is 11.7. The van der Waals surface area contributed by atoms with E-state index in [1.54, 1.807) is 6.07 Å². The average Bonchev–Trinajstić information content (AvgIpc) is 2.42. The standard InChI is InChI=1S/C15H22N2O3S/c1-15(2,3)11-17-21(18,19)13-7-8-14(20-4)12(10-13)6-5-9-16/h7-8,10,17H,9,11,16H2,1-4H3. The number of ether oxygens (including phenoxy) is 1. The van der Waals surface area contributed by atoms with Gasteiger partial charge in [-0.1, -0.05) is 32.6 Å². The summed E-state index contributed by atoms with van der Waals surface area (Å²) < 4.78 is 32.3. The number of sulfonamides is 1. The maximum absolute atomic E-state index is 12.3. The zero-order valence-corrected chi connectivity index (χ0v) is 13.7. The van der Waals surface area contributed by atoms with Crippen LogP contribution in [0.25, 0.3) is 0 Å². The molecule has 0 bridgehead atoms. The molecule has 0 amide bonds. The van der Waals surface area contributed by atoms with Crippen molar-refractivity contribution in [1.29, 1.82) is 0 Å². The number of methoxy groups -OCH3 is 1. The Labute approximate surface area is 126 Å². The molecular weight excluding hydrogens is 288 g/mol. The summed E-state index contributed by atoms with van der Waals surface area (Å²) in [4.78, 5) is 0.161. The summed E-state index contributed by atoms with van der Waals surface area (Å²) in [6.45, 7) is 6.43. The zero-order valence-electron chi connectivity index (χ0n) is 12.9. The first-order valence-electron chi connectivity index (χ1n) is 6.56. The summed E-state index contributed by atoms with van der Waals surface area (Å²) in [6.07, 6.45) is 0. The summed E-state index contributed by atoms with van der Waals surface area (Å²) in [7, 11) is -2.06. The third-order valence-corrected chi connectivity index (χ3v) is 4.00. The fraction of sp³-hybridized carbons (Fsp3) is 0.467. The van der Waals surface area contributed by atoms with E-state index in [1.165, 1.54) is 19.2 Å². The van der Waals surface area contributed by atoms with Gasteiger partial charge in [-0.05, 0) is 23.6 Å². The van der Waals surface area contributed by atoms with E-state index in [-0.39, 0.29) is 16.9 Å². The smallest absolute Gasteiger partial charge is 0.240 e. The zero-order chi connectivity index (χ0) is 16.1. The van der Waals surface area contributed by atoms with Gasteiger partial charge in [-0.15, -0.1) is 0 Å². The van der Waals surface area contributed by atoms with Gasteiger partial charge in [0, 0.05) is 6.54 Å². The lowest BCUT2D eigenvalue weighted by Crippen LogP contribution is -2.32. The van der Waals surface area contributed by atoms with Gasteiger partial charge in [-0.2, -0.15) is 0 Å². The Morgan fingerprint density at radius 2 is 2.00 bits per heavy atom. The first-order valence-corrected chi connectivity index (χ1v) is 8.04. The number of rotatable bonds is 4. The minimum absolute atomic E-state index is 0.137. The Bertz CT molecular complexity index is 650. The van der Waals surface area contributed by atoms with E-state index >= 15 is 0 Å². The Morgan fingerprint density at radius 1 is 1.33 bits per heavy atom. The lowest BCUT2D eigenvalue weighted by Gasteiger charge is -2.19. The Kier molecular flexibility index (Phi) is 5.78. The van der Waals surface area contributed by atoms with Crippen molar-refractivity contribution in [3.05, 3.63) is 23.8 Å². The minimum Gasteiger partial charge on any atom is -0.495 e. The largest absolute Gasteiger partial charge is 0.495 e. The van der Waals surface area contributed by atoms with Crippen LogP contribution < -0.4 is 15.2 Å². The van der Waals surface area contributed by atoms with E-state index in [4.69, 9.17) is 10.5 Å². The third kappa shape index (κ3) is 5.38. The Hall–Kier alpha value is -1.55. The number of nitrogens with two attached hydrogens (primary N) is 1. The van der Waals surface area contributed by atoms with Crippen LogP contribution in [0.1, 0.15) is 26.3 Å². The van der Waals surface area contributed by atoms with Crippen molar-refractivity contribution in [2.24, 2.45) is 11.1 Å². The van der Waals surface area contributed by atoms with Crippen molar-refractivity contribution >= 4 is 10.0 Å². The molecule has 0 atom stereocenters. The van der Waals surface area contributed by atoms with Crippen molar-refractivity contribution in [3.63, 3.8) is 0 Å². The van der Waals surface area contributed by atoms with E-state index in [1.807, 2.05) is 20.8 Å². The van der Waals surface area contributed by atoms with Crippen LogP contribution in [-0.4, -0.2) is 28.6 Å². The molecule has 0 aliphatic heterocycles. The second kappa shape index (κ2) is 6.94. The highest BCUT2D eigenvalue weighted by Crippen LogP contribution is 2.22. The predicted molar refractivity (Wildman–Crippen MR) is 83.6 cm³/mol. The van der Waals surface area contributed by atoms with Crippen molar-refractivity contribution in [2.45, 2.75) is 25.7 Å². The van der Waals surface area contributed by atoms with E-state index in [0.717, 1.165) is 0 Å². The molecule has 0 aliphatic rings. The van der Waals surface area contributed by atoms with Gasteiger partial charge in [0.2, 0.25) is 10.0 Å². The number of nitrogens with one attached hydrogen (secondary N) is 1. The summed E-state index contributed by atoms with van der Waals surface area (Å²) in [6, 6.07) is 4.58. The molecule has 0 fully saturated rings. The van der Waals surface area contributed by atoms with Gasteiger partial charge in [0.25, 0.3) is 0 Å². The topological polar surface area (TPSA) is 81.4 Å². The molecule has 0 spiro atoms. The van der Waals surface area contributed by atoms with Crippen LogP contribution in [0.5, 0.6) is 5.75 Å². The molecule has 1 aromatic carbocycles.